The van der Waals surface area contributed by atoms with Crippen molar-refractivity contribution in [3.05, 3.63) is 36.5 Å². The van der Waals surface area contributed by atoms with Gasteiger partial charge in [-0.05, 0) is 38.5 Å². The molecule has 0 amide bonds. The van der Waals surface area contributed by atoms with Gasteiger partial charge in [-0.15, -0.1) is 0 Å². The Morgan fingerprint density at radius 1 is 0.500 bits per heavy atom. The highest BCUT2D eigenvalue weighted by Crippen LogP contribution is 2.07. The molecule has 0 radical (unpaired) electrons. The predicted octanol–water partition coefficient (Wildman–Crippen LogP) is 4.01. The minimum Gasteiger partial charge on any atom is -0.0885 e. The summed E-state index contributed by atoms with van der Waals surface area (Å²) < 4.78 is 0. The first-order chi connectivity index (χ1) is 6.00. The molecule has 0 heteroatoms. The third kappa shape index (κ3) is 4.95. The Hall–Kier alpha value is -0.780. The van der Waals surface area contributed by atoms with Crippen molar-refractivity contribution in [3.8, 4) is 0 Å². The molecular weight excluding hydrogens is 144 g/mol. The van der Waals surface area contributed by atoms with Crippen LogP contribution in [-0.2, 0) is 0 Å². The number of allylic oxidation sites excluding steroid dienone is 6. The lowest BCUT2D eigenvalue weighted by Gasteiger charge is -1.97. The van der Waals surface area contributed by atoms with Crippen LogP contribution in [0.3, 0.4) is 0 Å². The van der Waals surface area contributed by atoms with E-state index < -0.39 is 0 Å². The minimum atomic E-state index is 1.23. The maximum absolute atomic E-state index is 2.27. The molecule has 0 nitrogen and oxygen atoms in total. The summed E-state index contributed by atoms with van der Waals surface area (Å²) in [6.45, 7) is 0. The summed E-state index contributed by atoms with van der Waals surface area (Å²) in [5, 5.41) is 0. The molecule has 2 aliphatic carbocycles. The van der Waals surface area contributed by atoms with Gasteiger partial charge in [0.15, 0.2) is 0 Å². The molecule has 0 N–H and O–H groups in total. The smallest absolute Gasteiger partial charge is 0.0313 e. The van der Waals surface area contributed by atoms with E-state index in [9.17, 15) is 0 Å². The van der Waals surface area contributed by atoms with Gasteiger partial charge in [0.25, 0.3) is 0 Å². The molecule has 12 heavy (non-hydrogen) atoms. The van der Waals surface area contributed by atoms with Crippen LogP contribution in [0.15, 0.2) is 36.5 Å². The average Bonchev–Trinajstić information content (AvgIpc) is 2.24. The van der Waals surface area contributed by atoms with E-state index in [0.29, 0.717) is 0 Å². The fraction of sp³-hybridized carbons (Fsp3) is 0.500. The third-order valence-corrected chi connectivity index (χ3v) is 2.04. The molecule has 0 aromatic rings. The number of rotatable bonds is 0. The Bertz CT molecular complexity index is 152. The van der Waals surface area contributed by atoms with Gasteiger partial charge >= 0.3 is 0 Å². The van der Waals surface area contributed by atoms with Gasteiger partial charge in [0.2, 0.25) is 0 Å². The molecule has 0 unspecified atom stereocenters. The molecule has 2 aliphatic rings. The monoisotopic (exact) mass is 162 g/mol. The Labute approximate surface area is 75.7 Å². The quantitative estimate of drug-likeness (QED) is 0.472. The van der Waals surface area contributed by atoms with Crippen LogP contribution in [0.4, 0.5) is 0 Å². The van der Waals surface area contributed by atoms with Crippen molar-refractivity contribution < 1.29 is 0 Å². The van der Waals surface area contributed by atoms with Crippen molar-refractivity contribution in [2.24, 2.45) is 0 Å². The van der Waals surface area contributed by atoms with Gasteiger partial charge in [0.05, 0.1) is 0 Å². The van der Waals surface area contributed by atoms with Crippen LogP contribution >= 0.6 is 0 Å². The third-order valence-electron chi connectivity index (χ3n) is 2.04. The summed E-state index contributed by atoms with van der Waals surface area (Å²) >= 11 is 0. The van der Waals surface area contributed by atoms with Crippen LogP contribution in [0.5, 0.6) is 0 Å². The fourth-order valence-corrected chi connectivity index (χ4v) is 1.30. The molecule has 0 atom stereocenters. The van der Waals surface area contributed by atoms with Gasteiger partial charge < -0.3 is 0 Å². The predicted molar refractivity (Wildman–Crippen MR) is 55.1 cm³/mol. The molecule has 0 spiro atoms. The van der Waals surface area contributed by atoms with Crippen molar-refractivity contribution in [1.29, 1.82) is 0 Å². The maximum Gasteiger partial charge on any atom is -0.0313 e. The fourth-order valence-electron chi connectivity index (χ4n) is 1.30. The van der Waals surface area contributed by atoms with Crippen molar-refractivity contribution in [3.63, 3.8) is 0 Å². The van der Waals surface area contributed by atoms with Crippen molar-refractivity contribution in [2.45, 2.75) is 38.5 Å². The highest BCUT2D eigenvalue weighted by atomic mass is 13.9. The van der Waals surface area contributed by atoms with Crippen LogP contribution in [0.25, 0.3) is 0 Å². The van der Waals surface area contributed by atoms with Crippen LogP contribution in [0.2, 0.25) is 0 Å². The van der Waals surface area contributed by atoms with Crippen molar-refractivity contribution >= 4 is 0 Å². The standard InChI is InChI=1S/C6H10.C6H8/c2*1-2-4-6-5-3-1/h1-2H,3-6H2;1-4H,5-6H2. The van der Waals surface area contributed by atoms with Gasteiger partial charge in [-0.3, -0.25) is 0 Å². The molecule has 0 aliphatic heterocycles. The highest BCUT2D eigenvalue weighted by Gasteiger charge is 1.87. The van der Waals surface area contributed by atoms with Gasteiger partial charge in [0.1, 0.15) is 0 Å². The zero-order chi connectivity index (χ0) is 8.49. The van der Waals surface area contributed by atoms with Gasteiger partial charge in [-0.1, -0.05) is 36.5 Å². The first-order valence-corrected chi connectivity index (χ1v) is 4.97. The maximum atomic E-state index is 2.27. The van der Waals surface area contributed by atoms with Gasteiger partial charge in [-0.25, -0.2) is 0 Å². The average molecular weight is 162 g/mol. The molecule has 0 heterocycles. The van der Waals surface area contributed by atoms with Gasteiger partial charge in [-0.2, -0.15) is 0 Å². The largest absolute Gasteiger partial charge is 0.0885 e. The Kier molecular flexibility index (Phi) is 5.35. The molecule has 0 aromatic carbocycles. The molecule has 0 saturated carbocycles. The van der Waals surface area contributed by atoms with Crippen molar-refractivity contribution in [1.82, 2.24) is 0 Å². The lowest BCUT2D eigenvalue weighted by molar-refractivity contribution is 0.730. The molecular formula is C12H18. The van der Waals surface area contributed by atoms with Crippen LogP contribution < -0.4 is 0 Å². The lowest BCUT2D eigenvalue weighted by Crippen LogP contribution is -1.77. The summed E-state index contributed by atoms with van der Waals surface area (Å²) in [5.41, 5.74) is 0. The van der Waals surface area contributed by atoms with E-state index in [1.165, 1.54) is 38.5 Å². The Balaban J connectivity index is 0.000000120. The summed E-state index contributed by atoms with van der Waals surface area (Å²) in [5.74, 6) is 0. The molecule has 66 valence electrons. The summed E-state index contributed by atoms with van der Waals surface area (Å²) in [4.78, 5) is 0. The van der Waals surface area contributed by atoms with E-state index in [1.807, 2.05) is 0 Å². The van der Waals surface area contributed by atoms with E-state index in [1.54, 1.807) is 0 Å². The number of hydrogen-bond acceptors (Lipinski definition) is 0. The first kappa shape index (κ1) is 9.31. The zero-order valence-corrected chi connectivity index (χ0v) is 7.71. The summed E-state index contributed by atoms with van der Waals surface area (Å²) in [7, 11) is 0. The van der Waals surface area contributed by atoms with E-state index in [0.717, 1.165) is 0 Å². The van der Waals surface area contributed by atoms with E-state index in [2.05, 4.69) is 36.5 Å². The highest BCUT2D eigenvalue weighted by molar-refractivity contribution is 5.07. The first-order valence-electron chi connectivity index (χ1n) is 4.97. The van der Waals surface area contributed by atoms with Crippen molar-refractivity contribution in [2.75, 3.05) is 0 Å². The van der Waals surface area contributed by atoms with Crippen LogP contribution in [0, 0.1) is 0 Å². The van der Waals surface area contributed by atoms with Crippen LogP contribution in [-0.4, -0.2) is 0 Å². The molecule has 0 fully saturated rings. The second-order valence-corrected chi connectivity index (χ2v) is 3.19. The molecule has 2 rings (SSSR count). The van der Waals surface area contributed by atoms with Crippen LogP contribution in [0.1, 0.15) is 38.5 Å². The molecule has 0 bridgehead atoms. The molecule has 0 saturated heterocycles. The SMILES string of the molecule is C1=CCCC=C1.C1=CCCCC1. The molecule has 0 aromatic heterocycles. The summed E-state index contributed by atoms with van der Waals surface area (Å²) in [6.07, 6.45) is 21.0. The normalized spacial score (nSPS) is 20.0. The van der Waals surface area contributed by atoms with E-state index in [-0.39, 0.29) is 0 Å². The topological polar surface area (TPSA) is 0 Å². The summed E-state index contributed by atoms with van der Waals surface area (Å²) in [6, 6.07) is 0. The second-order valence-electron chi connectivity index (χ2n) is 3.19. The Morgan fingerprint density at radius 3 is 1.17 bits per heavy atom. The number of hydrogen-bond donors (Lipinski definition) is 0. The second kappa shape index (κ2) is 6.90. The Morgan fingerprint density at radius 2 is 1.00 bits per heavy atom. The van der Waals surface area contributed by atoms with E-state index in [4.69, 9.17) is 0 Å². The minimum absolute atomic E-state index is 1.23. The zero-order valence-electron chi connectivity index (χ0n) is 7.71. The van der Waals surface area contributed by atoms with Gasteiger partial charge in [0, 0.05) is 0 Å². The van der Waals surface area contributed by atoms with E-state index >= 15 is 0 Å². The lowest BCUT2D eigenvalue weighted by atomic mass is 10.1.